The molecule has 0 fully saturated rings. The molecular formula is C15H24N2O3S. The van der Waals surface area contributed by atoms with Crippen LogP contribution in [0.5, 0.6) is 0 Å². The number of carbonyl (C=O) groups is 1. The second-order valence-electron chi connectivity index (χ2n) is 5.03. The van der Waals surface area contributed by atoms with Crippen LogP contribution in [-0.2, 0) is 21.1 Å². The van der Waals surface area contributed by atoms with E-state index in [9.17, 15) is 13.2 Å². The molecule has 3 N–H and O–H groups in total. The number of aryl methyl sites for hydroxylation is 1. The molecule has 1 amide bonds. The number of carbonyl (C=O) groups excluding carboxylic acids is 1. The summed E-state index contributed by atoms with van der Waals surface area (Å²) >= 11 is 0. The molecule has 21 heavy (non-hydrogen) atoms. The van der Waals surface area contributed by atoms with E-state index >= 15 is 0 Å². The minimum Gasteiger partial charge on any atom is -0.355 e. The Balaban J connectivity index is 2.25. The maximum absolute atomic E-state index is 11.8. The average Bonchev–Trinajstić information content (AvgIpc) is 2.44. The second-order valence-corrected chi connectivity index (χ2v) is 7.21. The van der Waals surface area contributed by atoms with Gasteiger partial charge < -0.3 is 11.1 Å². The first-order chi connectivity index (χ1) is 10.0. The van der Waals surface area contributed by atoms with Crippen LogP contribution in [0.4, 0.5) is 0 Å². The van der Waals surface area contributed by atoms with Crippen molar-refractivity contribution < 1.29 is 13.2 Å². The zero-order chi connectivity index (χ0) is 15.6. The molecule has 5 nitrogen and oxygen atoms in total. The van der Waals surface area contributed by atoms with Crippen molar-refractivity contribution in [2.45, 2.75) is 25.7 Å². The van der Waals surface area contributed by atoms with Gasteiger partial charge >= 0.3 is 0 Å². The molecule has 6 heteroatoms. The smallest absolute Gasteiger partial charge is 0.235 e. The monoisotopic (exact) mass is 312 g/mol. The van der Waals surface area contributed by atoms with Gasteiger partial charge in [0.25, 0.3) is 0 Å². The Morgan fingerprint density at radius 2 is 1.81 bits per heavy atom. The standard InChI is InChI=1S/C15H24N2O3S/c16-10-4-5-11-17-15(18)13-21(19,20)12-6-9-14-7-2-1-3-8-14/h1-3,7-8H,4-6,9-13,16H2,(H,17,18). The fourth-order valence-electron chi connectivity index (χ4n) is 1.96. The summed E-state index contributed by atoms with van der Waals surface area (Å²) in [5.74, 6) is -0.811. The number of hydrogen-bond acceptors (Lipinski definition) is 4. The summed E-state index contributed by atoms with van der Waals surface area (Å²) in [7, 11) is -3.33. The Labute approximate surface area is 126 Å². The topological polar surface area (TPSA) is 89.3 Å². The van der Waals surface area contributed by atoms with Crippen molar-refractivity contribution in [1.82, 2.24) is 5.32 Å². The Morgan fingerprint density at radius 1 is 1.10 bits per heavy atom. The highest BCUT2D eigenvalue weighted by Gasteiger charge is 2.15. The van der Waals surface area contributed by atoms with Crippen LogP contribution in [0.1, 0.15) is 24.8 Å². The molecule has 118 valence electrons. The predicted octanol–water partition coefficient (Wildman–Crippen LogP) is 0.889. The summed E-state index contributed by atoms with van der Waals surface area (Å²) in [6.45, 7) is 1.06. The van der Waals surface area contributed by atoms with Gasteiger partial charge in [-0.25, -0.2) is 8.42 Å². The molecule has 0 spiro atoms. The zero-order valence-electron chi connectivity index (χ0n) is 12.3. The van der Waals surface area contributed by atoms with Gasteiger partial charge in [0.2, 0.25) is 5.91 Å². The van der Waals surface area contributed by atoms with Gasteiger partial charge in [0.1, 0.15) is 5.75 Å². The maximum atomic E-state index is 11.8. The van der Waals surface area contributed by atoms with Crippen LogP contribution in [-0.4, -0.2) is 38.9 Å². The van der Waals surface area contributed by atoms with E-state index < -0.39 is 21.5 Å². The van der Waals surface area contributed by atoms with Crippen LogP contribution in [0, 0.1) is 0 Å². The van der Waals surface area contributed by atoms with Crippen molar-refractivity contribution in [2.24, 2.45) is 5.73 Å². The van der Waals surface area contributed by atoms with Gasteiger partial charge in [-0.2, -0.15) is 0 Å². The van der Waals surface area contributed by atoms with Gasteiger partial charge in [0.15, 0.2) is 9.84 Å². The maximum Gasteiger partial charge on any atom is 0.235 e. The van der Waals surface area contributed by atoms with Crippen LogP contribution in [0.3, 0.4) is 0 Å². The third-order valence-electron chi connectivity index (χ3n) is 3.07. The summed E-state index contributed by atoms with van der Waals surface area (Å²) in [5, 5.41) is 2.61. The number of nitrogens with one attached hydrogen (secondary N) is 1. The molecule has 0 unspecified atom stereocenters. The molecule has 1 aromatic rings. The summed E-state index contributed by atoms with van der Waals surface area (Å²) in [6, 6.07) is 9.72. The first-order valence-corrected chi connectivity index (χ1v) is 9.07. The molecule has 1 rings (SSSR count). The minimum atomic E-state index is -3.33. The fourth-order valence-corrected chi connectivity index (χ4v) is 3.19. The Kier molecular flexibility index (Phi) is 8.00. The lowest BCUT2D eigenvalue weighted by molar-refractivity contribution is -0.118. The highest BCUT2D eigenvalue weighted by atomic mass is 32.2. The number of amides is 1. The number of hydrogen-bond donors (Lipinski definition) is 2. The molecular weight excluding hydrogens is 288 g/mol. The van der Waals surface area contributed by atoms with E-state index in [-0.39, 0.29) is 5.75 Å². The van der Waals surface area contributed by atoms with Crippen LogP contribution < -0.4 is 11.1 Å². The largest absolute Gasteiger partial charge is 0.355 e. The number of rotatable bonds is 10. The van der Waals surface area contributed by atoms with Gasteiger partial charge in [-0.15, -0.1) is 0 Å². The lowest BCUT2D eigenvalue weighted by Crippen LogP contribution is -2.32. The minimum absolute atomic E-state index is 0.0398. The number of nitrogens with two attached hydrogens (primary N) is 1. The Bertz CT molecular complexity index is 515. The Hall–Kier alpha value is -1.40. The van der Waals surface area contributed by atoms with Crippen LogP contribution in [0.25, 0.3) is 0 Å². The first kappa shape index (κ1) is 17.7. The van der Waals surface area contributed by atoms with E-state index in [1.54, 1.807) is 0 Å². The highest BCUT2D eigenvalue weighted by molar-refractivity contribution is 7.92. The molecule has 0 heterocycles. The quantitative estimate of drug-likeness (QED) is 0.628. The lowest BCUT2D eigenvalue weighted by Gasteiger charge is -2.06. The van der Waals surface area contributed by atoms with E-state index in [0.29, 0.717) is 25.9 Å². The van der Waals surface area contributed by atoms with E-state index in [1.807, 2.05) is 30.3 Å². The van der Waals surface area contributed by atoms with Crippen molar-refractivity contribution >= 4 is 15.7 Å². The van der Waals surface area contributed by atoms with Crippen LogP contribution in [0.2, 0.25) is 0 Å². The molecule has 0 atom stereocenters. The first-order valence-electron chi connectivity index (χ1n) is 7.24. The second kappa shape index (κ2) is 9.52. The summed E-state index contributed by atoms with van der Waals surface area (Å²) in [6.07, 6.45) is 2.84. The van der Waals surface area contributed by atoms with Crippen LogP contribution >= 0.6 is 0 Å². The number of unbranched alkanes of at least 4 members (excludes halogenated alkanes) is 1. The summed E-state index contributed by atoms with van der Waals surface area (Å²) in [4.78, 5) is 11.5. The van der Waals surface area contributed by atoms with Gasteiger partial charge in [-0.3, -0.25) is 4.79 Å². The molecule has 0 saturated carbocycles. The lowest BCUT2D eigenvalue weighted by atomic mass is 10.1. The predicted molar refractivity (Wildman–Crippen MR) is 84.7 cm³/mol. The van der Waals surface area contributed by atoms with Crippen molar-refractivity contribution in [3.8, 4) is 0 Å². The number of benzene rings is 1. The van der Waals surface area contributed by atoms with Crippen molar-refractivity contribution in [1.29, 1.82) is 0 Å². The molecule has 0 aliphatic rings. The highest BCUT2D eigenvalue weighted by Crippen LogP contribution is 2.04. The van der Waals surface area contributed by atoms with E-state index in [0.717, 1.165) is 18.4 Å². The number of sulfone groups is 1. The van der Waals surface area contributed by atoms with Crippen molar-refractivity contribution in [3.05, 3.63) is 35.9 Å². The molecule has 1 aromatic carbocycles. The van der Waals surface area contributed by atoms with Crippen LogP contribution in [0.15, 0.2) is 30.3 Å². The molecule has 0 saturated heterocycles. The van der Waals surface area contributed by atoms with E-state index in [2.05, 4.69) is 5.32 Å². The molecule has 0 radical (unpaired) electrons. The molecule has 0 bridgehead atoms. The zero-order valence-corrected chi connectivity index (χ0v) is 13.1. The average molecular weight is 312 g/mol. The normalized spacial score (nSPS) is 11.3. The van der Waals surface area contributed by atoms with Crippen molar-refractivity contribution in [3.63, 3.8) is 0 Å². The molecule has 0 aliphatic heterocycles. The SMILES string of the molecule is NCCCCNC(=O)CS(=O)(=O)CCCc1ccccc1. The summed E-state index contributed by atoms with van der Waals surface area (Å²) < 4.78 is 23.7. The van der Waals surface area contributed by atoms with E-state index in [1.165, 1.54) is 0 Å². The third kappa shape index (κ3) is 8.47. The Morgan fingerprint density at radius 3 is 2.48 bits per heavy atom. The van der Waals surface area contributed by atoms with E-state index in [4.69, 9.17) is 5.73 Å². The fraction of sp³-hybridized carbons (Fsp3) is 0.533. The third-order valence-corrected chi connectivity index (χ3v) is 4.68. The van der Waals surface area contributed by atoms with Gasteiger partial charge in [0.05, 0.1) is 5.75 Å². The van der Waals surface area contributed by atoms with Gasteiger partial charge in [0, 0.05) is 6.54 Å². The van der Waals surface area contributed by atoms with Gasteiger partial charge in [-0.1, -0.05) is 30.3 Å². The molecule has 0 aromatic heterocycles. The van der Waals surface area contributed by atoms with Gasteiger partial charge in [-0.05, 0) is 37.8 Å². The summed E-state index contributed by atoms with van der Waals surface area (Å²) in [5.41, 5.74) is 6.45. The van der Waals surface area contributed by atoms with Crippen molar-refractivity contribution in [2.75, 3.05) is 24.6 Å². The molecule has 0 aliphatic carbocycles.